The molecule has 0 unspecified atom stereocenters. The van der Waals surface area contributed by atoms with E-state index < -0.39 is 5.75 Å². The SMILES string of the molecule is CN(CCCCOc1ccc(-c2cc(=O)c3ccc(O)c(O)c3o2)cc1)CCCN1CCCCC1.Cl.Cl. The molecule has 2 N–H and O–H groups in total. The highest BCUT2D eigenvalue weighted by atomic mass is 35.5. The van der Waals surface area contributed by atoms with Crippen molar-refractivity contribution in [3.63, 3.8) is 0 Å². The summed E-state index contributed by atoms with van der Waals surface area (Å²) in [6.45, 7) is 6.63. The van der Waals surface area contributed by atoms with Crippen molar-refractivity contribution in [2.45, 2.75) is 38.5 Å². The summed E-state index contributed by atoms with van der Waals surface area (Å²) < 4.78 is 11.6. The number of benzene rings is 2. The molecule has 9 heteroatoms. The standard InChI is InChI=1S/C28H36N2O5.2ClH/c1-29(15-7-18-30-16-3-2-4-17-30)14-5-6-19-34-22-10-8-21(9-11-22)26-20-25(32)23-12-13-24(31)27(33)28(23)35-26;;/h8-13,20,31,33H,2-7,14-19H2,1H3;2*1H. The van der Waals surface area contributed by atoms with Crippen LogP contribution in [-0.2, 0) is 0 Å². The van der Waals surface area contributed by atoms with Crippen LogP contribution in [0.3, 0.4) is 0 Å². The average Bonchev–Trinajstić information content (AvgIpc) is 2.87. The Morgan fingerprint density at radius 2 is 1.65 bits per heavy atom. The highest BCUT2D eigenvalue weighted by Crippen LogP contribution is 2.34. The number of piperidine rings is 1. The molecule has 1 aliphatic rings. The molecule has 1 aromatic heterocycles. The van der Waals surface area contributed by atoms with E-state index in [4.69, 9.17) is 9.15 Å². The Labute approximate surface area is 230 Å². The van der Waals surface area contributed by atoms with Crippen LogP contribution in [0.15, 0.2) is 51.7 Å². The zero-order valence-corrected chi connectivity index (χ0v) is 23.0. The summed E-state index contributed by atoms with van der Waals surface area (Å²) in [6.07, 6.45) is 7.42. The number of aromatic hydroxyl groups is 2. The van der Waals surface area contributed by atoms with Crippen LogP contribution in [0.5, 0.6) is 17.2 Å². The van der Waals surface area contributed by atoms with E-state index in [9.17, 15) is 15.0 Å². The second-order valence-corrected chi connectivity index (χ2v) is 9.42. The molecule has 0 bridgehead atoms. The Morgan fingerprint density at radius 1 is 0.946 bits per heavy atom. The smallest absolute Gasteiger partial charge is 0.201 e. The molecule has 0 spiro atoms. The maximum atomic E-state index is 12.4. The number of ether oxygens (including phenoxy) is 1. The van der Waals surface area contributed by atoms with Crippen LogP contribution < -0.4 is 10.2 Å². The Bertz CT molecular complexity index is 1160. The molecule has 1 saturated heterocycles. The predicted molar refractivity (Wildman–Crippen MR) is 153 cm³/mol. The topological polar surface area (TPSA) is 86.4 Å². The molecule has 2 aromatic carbocycles. The first kappa shape index (κ1) is 30.8. The normalized spacial score (nSPS) is 13.8. The summed E-state index contributed by atoms with van der Waals surface area (Å²) in [6, 6.07) is 11.4. The van der Waals surface area contributed by atoms with Gasteiger partial charge < -0.3 is 29.2 Å². The molecule has 0 atom stereocenters. The van der Waals surface area contributed by atoms with E-state index in [-0.39, 0.29) is 47.0 Å². The predicted octanol–water partition coefficient (Wildman–Crippen LogP) is 5.68. The van der Waals surface area contributed by atoms with Gasteiger partial charge in [0.2, 0.25) is 5.75 Å². The summed E-state index contributed by atoms with van der Waals surface area (Å²) in [5.41, 5.74) is 0.378. The summed E-state index contributed by atoms with van der Waals surface area (Å²) in [7, 11) is 2.20. The van der Waals surface area contributed by atoms with Crippen molar-refractivity contribution in [1.29, 1.82) is 0 Å². The van der Waals surface area contributed by atoms with Gasteiger partial charge in [-0.25, -0.2) is 0 Å². The molecule has 204 valence electrons. The molecule has 1 fully saturated rings. The highest BCUT2D eigenvalue weighted by Gasteiger charge is 2.13. The van der Waals surface area contributed by atoms with Gasteiger partial charge in [-0.15, -0.1) is 24.8 Å². The maximum Gasteiger partial charge on any atom is 0.201 e. The van der Waals surface area contributed by atoms with Gasteiger partial charge in [0.05, 0.1) is 12.0 Å². The number of rotatable bonds is 11. The Balaban J connectivity index is 0.00000241. The second-order valence-electron chi connectivity index (χ2n) is 9.42. The van der Waals surface area contributed by atoms with Gasteiger partial charge in [0.25, 0.3) is 0 Å². The monoisotopic (exact) mass is 552 g/mol. The minimum Gasteiger partial charge on any atom is -0.504 e. The minimum atomic E-state index is -0.436. The molecule has 0 aliphatic carbocycles. The highest BCUT2D eigenvalue weighted by molar-refractivity contribution is 5.86. The fraction of sp³-hybridized carbons (Fsp3) is 0.464. The van der Waals surface area contributed by atoms with Crippen molar-refractivity contribution in [1.82, 2.24) is 9.80 Å². The molecular weight excluding hydrogens is 515 g/mol. The van der Waals surface area contributed by atoms with Gasteiger partial charge in [0.1, 0.15) is 11.5 Å². The van der Waals surface area contributed by atoms with E-state index in [1.807, 2.05) is 24.3 Å². The van der Waals surface area contributed by atoms with Crippen molar-refractivity contribution < 1.29 is 19.4 Å². The molecule has 4 rings (SSSR count). The number of hydrogen-bond acceptors (Lipinski definition) is 7. The van der Waals surface area contributed by atoms with Crippen molar-refractivity contribution in [2.75, 3.05) is 46.4 Å². The van der Waals surface area contributed by atoms with Crippen LogP contribution >= 0.6 is 24.8 Å². The number of phenols is 2. The zero-order chi connectivity index (χ0) is 24.6. The van der Waals surface area contributed by atoms with Crippen LogP contribution in [-0.4, -0.2) is 66.4 Å². The third-order valence-corrected chi connectivity index (χ3v) is 6.65. The van der Waals surface area contributed by atoms with E-state index in [1.165, 1.54) is 63.5 Å². The third kappa shape index (κ3) is 8.54. The molecule has 0 saturated carbocycles. The molecule has 2 heterocycles. The first-order valence-electron chi connectivity index (χ1n) is 12.6. The van der Waals surface area contributed by atoms with Crippen molar-refractivity contribution in [3.05, 3.63) is 52.7 Å². The number of hydrogen-bond donors (Lipinski definition) is 2. The summed E-state index contributed by atoms with van der Waals surface area (Å²) in [5, 5.41) is 20.0. The molecule has 37 heavy (non-hydrogen) atoms. The summed E-state index contributed by atoms with van der Waals surface area (Å²) in [5.74, 6) is 0.310. The van der Waals surface area contributed by atoms with Gasteiger partial charge in [-0.3, -0.25) is 4.79 Å². The van der Waals surface area contributed by atoms with Crippen LogP contribution in [0.2, 0.25) is 0 Å². The lowest BCUT2D eigenvalue weighted by molar-refractivity contribution is 0.210. The Morgan fingerprint density at radius 3 is 2.38 bits per heavy atom. The van der Waals surface area contributed by atoms with Gasteiger partial charge in [0, 0.05) is 11.6 Å². The lowest BCUT2D eigenvalue weighted by Gasteiger charge is -2.27. The molecular formula is C28H38Cl2N2O5. The third-order valence-electron chi connectivity index (χ3n) is 6.65. The minimum absolute atomic E-state index is 0. The largest absolute Gasteiger partial charge is 0.504 e. The van der Waals surface area contributed by atoms with Crippen LogP contribution in [0.1, 0.15) is 38.5 Å². The van der Waals surface area contributed by atoms with E-state index >= 15 is 0 Å². The average molecular weight is 554 g/mol. The summed E-state index contributed by atoms with van der Waals surface area (Å²) in [4.78, 5) is 17.4. The van der Waals surface area contributed by atoms with Crippen molar-refractivity contribution >= 4 is 35.8 Å². The molecule has 7 nitrogen and oxygen atoms in total. The number of halogens is 2. The van der Waals surface area contributed by atoms with E-state index in [1.54, 1.807) is 0 Å². The molecule has 1 aliphatic heterocycles. The van der Waals surface area contributed by atoms with Gasteiger partial charge in [-0.2, -0.15) is 0 Å². The fourth-order valence-electron chi connectivity index (χ4n) is 4.58. The summed E-state index contributed by atoms with van der Waals surface area (Å²) >= 11 is 0. The van der Waals surface area contributed by atoms with E-state index in [2.05, 4.69) is 16.8 Å². The van der Waals surface area contributed by atoms with Crippen LogP contribution in [0, 0.1) is 0 Å². The van der Waals surface area contributed by atoms with Crippen molar-refractivity contribution in [3.8, 4) is 28.6 Å². The number of fused-ring (bicyclic) bond motifs is 1. The first-order valence-corrected chi connectivity index (χ1v) is 12.6. The van der Waals surface area contributed by atoms with Gasteiger partial charge in [-0.05, 0) is 108 Å². The van der Waals surface area contributed by atoms with E-state index in [0.29, 0.717) is 17.9 Å². The van der Waals surface area contributed by atoms with Crippen LogP contribution in [0.4, 0.5) is 0 Å². The number of phenolic OH excluding ortho intramolecular Hbond substituents is 2. The van der Waals surface area contributed by atoms with Crippen molar-refractivity contribution in [2.24, 2.45) is 0 Å². The molecule has 0 radical (unpaired) electrons. The Hall–Kier alpha value is -2.45. The number of unbranched alkanes of at least 4 members (excludes halogenated alkanes) is 1. The van der Waals surface area contributed by atoms with Gasteiger partial charge in [0.15, 0.2) is 16.8 Å². The number of nitrogens with zero attached hydrogens (tertiary/aromatic N) is 2. The zero-order valence-electron chi connectivity index (χ0n) is 21.4. The van der Waals surface area contributed by atoms with Gasteiger partial charge in [-0.1, -0.05) is 6.42 Å². The maximum absolute atomic E-state index is 12.4. The fourth-order valence-corrected chi connectivity index (χ4v) is 4.58. The molecule has 3 aromatic rings. The number of likely N-dealkylation sites (tertiary alicyclic amines) is 1. The lowest BCUT2D eigenvalue weighted by Crippen LogP contribution is -2.32. The quantitative estimate of drug-likeness (QED) is 0.233. The van der Waals surface area contributed by atoms with E-state index in [0.717, 1.165) is 31.7 Å². The Kier molecular flexibility index (Phi) is 12.5. The van der Waals surface area contributed by atoms with Crippen LogP contribution in [0.25, 0.3) is 22.3 Å². The molecule has 0 amide bonds. The van der Waals surface area contributed by atoms with Gasteiger partial charge >= 0.3 is 0 Å². The first-order chi connectivity index (χ1) is 17.0. The lowest BCUT2D eigenvalue weighted by atomic mass is 10.1. The second kappa shape index (κ2) is 15.1.